The molecule has 0 bridgehead atoms. The third-order valence-electron chi connectivity index (χ3n) is 4.99. The van der Waals surface area contributed by atoms with E-state index in [1.54, 1.807) is 12.5 Å². The van der Waals surface area contributed by atoms with Crippen molar-refractivity contribution in [3.05, 3.63) is 53.2 Å². The molecule has 2 aromatic heterocycles. The highest BCUT2D eigenvalue weighted by molar-refractivity contribution is 9.10. The van der Waals surface area contributed by atoms with Gasteiger partial charge in [-0.25, -0.2) is 14.8 Å². The van der Waals surface area contributed by atoms with E-state index in [-0.39, 0.29) is 6.03 Å². The molecule has 1 saturated heterocycles. The minimum absolute atomic E-state index is 0.0554. The van der Waals surface area contributed by atoms with Gasteiger partial charge in [0.1, 0.15) is 5.82 Å². The number of aromatic nitrogens is 4. The van der Waals surface area contributed by atoms with E-state index in [4.69, 9.17) is 0 Å². The molecule has 1 aromatic carbocycles. The summed E-state index contributed by atoms with van der Waals surface area (Å²) in [4.78, 5) is 30.4. The van der Waals surface area contributed by atoms with Crippen molar-refractivity contribution in [2.24, 2.45) is 0 Å². The standard InChI is InChI=1S/C21H25BrN8O/c22-18-13-25-20(29-19(18)24-8-7-17-12-23-14-26-17)27-15-5-4-6-16(11-15)28-21(31)30-9-2-1-3-10-30/h4-6,11-14H,1-3,7-10H2,(H,23,26)(H,28,31)(H2,24,25,27,29). The number of carbonyl (C=O) groups excluding carboxylic acids is 1. The van der Waals surface area contributed by atoms with Crippen LogP contribution < -0.4 is 16.0 Å². The van der Waals surface area contributed by atoms with E-state index in [9.17, 15) is 4.79 Å². The molecule has 1 aliphatic rings. The monoisotopic (exact) mass is 484 g/mol. The number of imidazole rings is 1. The number of H-pyrrole nitrogens is 1. The van der Waals surface area contributed by atoms with Gasteiger partial charge in [-0.05, 0) is 53.4 Å². The number of hydrogen-bond acceptors (Lipinski definition) is 6. The molecular formula is C21H25BrN8O. The first kappa shape index (κ1) is 21.1. The van der Waals surface area contributed by atoms with Gasteiger partial charge in [-0.3, -0.25) is 0 Å². The number of urea groups is 1. The molecule has 4 rings (SSSR count). The summed E-state index contributed by atoms with van der Waals surface area (Å²) >= 11 is 3.48. The molecule has 9 nitrogen and oxygen atoms in total. The van der Waals surface area contributed by atoms with Gasteiger partial charge in [0.2, 0.25) is 5.95 Å². The highest BCUT2D eigenvalue weighted by atomic mass is 79.9. The van der Waals surface area contributed by atoms with Crippen molar-refractivity contribution in [3.8, 4) is 0 Å². The normalized spacial score (nSPS) is 13.6. The molecule has 0 saturated carbocycles. The number of benzene rings is 1. The molecule has 3 aromatic rings. The molecular weight excluding hydrogens is 460 g/mol. The van der Waals surface area contributed by atoms with Gasteiger partial charge in [0.25, 0.3) is 0 Å². The van der Waals surface area contributed by atoms with Crippen molar-refractivity contribution < 1.29 is 4.79 Å². The smallest absolute Gasteiger partial charge is 0.321 e. The first-order valence-corrected chi connectivity index (χ1v) is 11.1. The number of piperidine rings is 1. The van der Waals surface area contributed by atoms with Gasteiger partial charge in [-0.1, -0.05) is 6.07 Å². The zero-order chi connectivity index (χ0) is 21.5. The van der Waals surface area contributed by atoms with Crippen LogP contribution in [0.25, 0.3) is 0 Å². The number of aromatic amines is 1. The summed E-state index contributed by atoms with van der Waals surface area (Å²) in [6.07, 6.45) is 9.34. The molecule has 2 amide bonds. The van der Waals surface area contributed by atoms with Crippen LogP contribution in [0.15, 0.2) is 47.5 Å². The Bertz CT molecular complexity index is 1000. The zero-order valence-electron chi connectivity index (χ0n) is 17.1. The van der Waals surface area contributed by atoms with Gasteiger partial charge in [0, 0.05) is 49.8 Å². The Hall–Kier alpha value is -3.14. The zero-order valence-corrected chi connectivity index (χ0v) is 18.7. The number of carbonyl (C=O) groups is 1. The summed E-state index contributed by atoms with van der Waals surface area (Å²) in [6.45, 7) is 2.32. The Morgan fingerprint density at radius 3 is 2.81 bits per heavy atom. The molecule has 0 atom stereocenters. The molecule has 0 aliphatic carbocycles. The van der Waals surface area contributed by atoms with E-state index in [2.05, 4.69) is 51.8 Å². The van der Waals surface area contributed by atoms with Crippen LogP contribution in [-0.2, 0) is 6.42 Å². The number of amides is 2. The van der Waals surface area contributed by atoms with Crippen molar-refractivity contribution in [2.45, 2.75) is 25.7 Å². The number of nitrogens with zero attached hydrogens (tertiary/aromatic N) is 4. The third-order valence-corrected chi connectivity index (χ3v) is 5.57. The fraction of sp³-hybridized carbons (Fsp3) is 0.333. The quantitative estimate of drug-likeness (QED) is 0.396. The second-order valence-corrected chi connectivity index (χ2v) is 8.17. The molecule has 1 fully saturated rings. The summed E-state index contributed by atoms with van der Waals surface area (Å²) in [5.41, 5.74) is 2.51. The van der Waals surface area contributed by atoms with E-state index in [0.29, 0.717) is 18.3 Å². The summed E-state index contributed by atoms with van der Waals surface area (Å²) in [5, 5.41) is 9.48. The number of hydrogen-bond donors (Lipinski definition) is 4. The van der Waals surface area contributed by atoms with Crippen LogP contribution in [0.4, 0.5) is 27.9 Å². The van der Waals surface area contributed by atoms with E-state index in [1.165, 1.54) is 6.42 Å². The second-order valence-electron chi connectivity index (χ2n) is 7.31. The minimum Gasteiger partial charge on any atom is -0.369 e. The van der Waals surface area contributed by atoms with Gasteiger partial charge in [-0.15, -0.1) is 0 Å². The Kier molecular flexibility index (Phi) is 6.98. The van der Waals surface area contributed by atoms with Gasteiger partial charge in [0.15, 0.2) is 0 Å². The Labute approximate surface area is 189 Å². The number of halogens is 1. The predicted octanol–water partition coefficient (Wildman–Crippen LogP) is 4.38. The number of likely N-dealkylation sites (tertiary alicyclic amines) is 1. The highest BCUT2D eigenvalue weighted by Crippen LogP contribution is 2.23. The molecule has 31 heavy (non-hydrogen) atoms. The second kappa shape index (κ2) is 10.3. The van der Waals surface area contributed by atoms with E-state index >= 15 is 0 Å². The SMILES string of the molecule is O=C(Nc1cccc(Nc2ncc(Br)c(NCCc3c[nH]cn3)n2)c1)N1CCCCC1. The first-order valence-electron chi connectivity index (χ1n) is 10.3. The van der Waals surface area contributed by atoms with Gasteiger partial charge >= 0.3 is 6.03 Å². The molecule has 4 N–H and O–H groups in total. The fourth-order valence-corrected chi connectivity index (χ4v) is 3.72. The summed E-state index contributed by atoms with van der Waals surface area (Å²) in [6, 6.07) is 7.48. The van der Waals surface area contributed by atoms with E-state index in [0.717, 1.165) is 53.9 Å². The van der Waals surface area contributed by atoms with Crippen molar-refractivity contribution >= 4 is 45.1 Å². The lowest BCUT2D eigenvalue weighted by molar-refractivity contribution is 0.200. The van der Waals surface area contributed by atoms with Crippen molar-refractivity contribution in [1.82, 2.24) is 24.8 Å². The van der Waals surface area contributed by atoms with E-state index < -0.39 is 0 Å². The van der Waals surface area contributed by atoms with Crippen molar-refractivity contribution in [3.63, 3.8) is 0 Å². The average molecular weight is 485 g/mol. The Morgan fingerprint density at radius 1 is 1.16 bits per heavy atom. The first-order chi connectivity index (χ1) is 15.2. The number of nitrogens with one attached hydrogen (secondary N) is 4. The molecule has 0 spiro atoms. The van der Waals surface area contributed by atoms with Crippen LogP contribution >= 0.6 is 15.9 Å². The summed E-state index contributed by atoms with van der Waals surface area (Å²) in [5.74, 6) is 1.16. The lowest BCUT2D eigenvalue weighted by Gasteiger charge is -2.26. The Balaban J connectivity index is 1.37. The van der Waals surface area contributed by atoms with Gasteiger partial charge in [0.05, 0.1) is 16.5 Å². The number of anilines is 4. The molecule has 0 radical (unpaired) electrons. The van der Waals surface area contributed by atoms with Crippen LogP contribution in [0, 0.1) is 0 Å². The summed E-state index contributed by atoms with van der Waals surface area (Å²) in [7, 11) is 0. The van der Waals surface area contributed by atoms with Crippen molar-refractivity contribution in [2.75, 3.05) is 35.6 Å². The lowest BCUT2D eigenvalue weighted by Crippen LogP contribution is -2.38. The fourth-order valence-electron chi connectivity index (χ4n) is 3.39. The van der Waals surface area contributed by atoms with Crippen LogP contribution in [0.5, 0.6) is 0 Å². The molecule has 10 heteroatoms. The maximum Gasteiger partial charge on any atom is 0.321 e. The molecule has 1 aliphatic heterocycles. The third kappa shape index (κ3) is 5.94. The molecule has 162 valence electrons. The van der Waals surface area contributed by atoms with Gasteiger partial charge in [-0.2, -0.15) is 4.98 Å². The lowest BCUT2D eigenvalue weighted by atomic mass is 10.1. The maximum absolute atomic E-state index is 12.5. The average Bonchev–Trinajstić information content (AvgIpc) is 3.30. The highest BCUT2D eigenvalue weighted by Gasteiger charge is 2.16. The number of rotatable bonds is 7. The van der Waals surface area contributed by atoms with Crippen LogP contribution in [0.2, 0.25) is 0 Å². The van der Waals surface area contributed by atoms with Gasteiger partial charge < -0.3 is 25.8 Å². The minimum atomic E-state index is -0.0554. The van der Waals surface area contributed by atoms with Crippen LogP contribution in [0.3, 0.4) is 0 Å². The van der Waals surface area contributed by atoms with Crippen molar-refractivity contribution in [1.29, 1.82) is 0 Å². The molecule has 3 heterocycles. The molecule has 0 unspecified atom stereocenters. The topological polar surface area (TPSA) is 111 Å². The Morgan fingerprint density at radius 2 is 2.00 bits per heavy atom. The maximum atomic E-state index is 12.5. The largest absolute Gasteiger partial charge is 0.369 e. The summed E-state index contributed by atoms with van der Waals surface area (Å²) < 4.78 is 0.780. The predicted molar refractivity (Wildman–Crippen MR) is 125 cm³/mol. The van der Waals surface area contributed by atoms with E-state index in [1.807, 2.05) is 35.4 Å². The van der Waals surface area contributed by atoms with Crippen LogP contribution in [0.1, 0.15) is 25.0 Å². The van der Waals surface area contributed by atoms with Crippen LogP contribution in [-0.4, -0.2) is 50.5 Å².